The molecule has 3 aromatic rings. The Morgan fingerprint density at radius 1 is 1.12 bits per heavy atom. The van der Waals surface area contributed by atoms with Crippen LogP contribution in [0.15, 0.2) is 57.8 Å². The molecule has 0 saturated carbocycles. The molecule has 4 rings (SSSR count). The number of fused-ring (bicyclic) bond motifs is 1. The molecule has 210 valence electrons. The molecular weight excluding hydrogens is 534 g/mol. The van der Waals surface area contributed by atoms with Crippen LogP contribution in [0.4, 0.5) is 5.69 Å². The quantitative estimate of drug-likeness (QED) is 0.194. The van der Waals surface area contributed by atoms with E-state index in [1.165, 1.54) is 22.8 Å². The minimum absolute atomic E-state index is 0.189. The highest BCUT2D eigenvalue weighted by Crippen LogP contribution is 2.36. The summed E-state index contributed by atoms with van der Waals surface area (Å²) < 4.78 is 18.5. The van der Waals surface area contributed by atoms with Gasteiger partial charge in [-0.2, -0.15) is 0 Å². The lowest BCUT2D eigenvalue weighted by atomic mass is 10.00. The van der Waals surface area contributed by atoms with Crippen LogP contribution in [0.5, 0.6) is 11.5 Å². The van der Waals surface area contributed by atoms with Gasteiger partial charge in [0, 0.05) is 5.70 Å². The van der Waals surface area contributed by atoms with Crippen molar-refractivity contribution in [2.24, 2.45) is 4.99 Å². The van der Waals surface area contributed by atoms with Gasteiger partial charge in [-0.3, -0.25) is 19.5 Å². The molecular formula is C29H31N3O7S. The summed E-state index contributed by atoms with van der Waals surface area (Å²) >= 11 is 1.12. The summed E-state index contributed by atoms with van der Waals surface area (Å²) in [5, 5.41) is 12.1. The zero-order valence-corrected chi connectivity index (χ0v) is 23.7. The highest BCUT2D eigenvalue weighted by Gasteiger charge is 2.30. The molecule has 1 aromatic heterocycles. The summed E-state index contributed by atoms with van der Waals surface area (Å²) in [7, 11) is 0. The van der Waals surface area contributed by atoms with Crippen molar-refractivity contribution >= 4 is 34.8 Å². The summed E-state index contributed by atoms with van der Waals surface area (Å²) in [6.07, 6.45) is 2.86. The zero-order valence-electron chi connectivity index (χ0n) is 22.8. The Kier molecular flexibility index (Phi) is 9.15. The van der Waals surface area contributed by atoms with Crippen molar-refractivity contribution in [1.29, 1.82) is 0 Å². The molecule has 11 heteroatoms. The van der Waals surface area contributed by atoms with Crippen molar-refractivity contribution < 1.29 is 23.9 Å². The second-order valence-electron chi connectivity index (χ2n) is 9.01. The molecule has 2 aromatic carbocycles. The number of thiazole rings is 1. The van der Waals surface area contributed by atoms with E-state index >= 15 is 0 Å². The van der Waals surface area contributed by atoms with Crippen LogP contribution in [0.2, 0.25) is 0 Å². The maximum absolute atomic E-state index is 13.5. The number of carbonyl (C=O) groups is 1. The Morgan fingerprint density at radius 2 is 1.85 bits per heavy atom. The fourth-order valence-electron chi connectivity index (χ4n) is 4.49. The average molecular weight is 566 g/mol. The van der Waals surface area contributed by atoms with Crippen molar-refractivity contribution in [2.75, 3.05) is 13.2 Å². The lowest BCUT2D eigenvalue weighted by Crippen LogP contribution is -2.37. The van der Waals surface area contributed by atoms with Gasteiger partial charge in [0.1, 0.15) is 6.61 Å². The van der Waals surface area contributed by atoms with Crippen LogP contribution in [-0.2, 0) is 16.1 Å². The van der Waals surface area contributed by atoms with Gasteiger partial charge in [0.25, 0.3) is 11.2 Å². The average Bonchev–Trinajstić information content (AvgIpc) is 3.23. The van der Waals surface area contributed by atoms with Gasteiger partial charge in [-0.15, -0.1) is 0 Å². The molecule has 1 atom stereocenters. The van der Waals surface area contributed by atoms with Gasteiger partial charge in [0.05, 0.1) is 45.9 Å². The van der Waals surface area contributed by atoms with E-state index in [9.17, 15) is 19.7 Å². The van der Waals surface area contributed by atoms with E-state index in [1.807, 2.05) is 37.3 Å². The van der Waals surface area contributed by atoms with Gasteiger partial charge in [-0.1, -0.05) is 55.0 Å². The number of rotatable bonds is 11. The fraction of sp³-hybridized carbons (Fsp3) is 0.345. The normalized spacial score (nSPS) is 14.9. The van der Waals surface area contributed by atoms with Crippen LogP contribution in [0, 0.1) is 10.1 Å². The number of hydrogen-bond donors (Lipinski definition) is 0. The monoisotopic (exact) mass is 565 g/mol. The van der Waals surface area contributed by atoms with Crippen molar-refractivity contribution in [1.82, 2.24) is 4.57 Å². The van der Waals surface area contributed by atoms with Crippen LogP contribution < -0.4 is 24.4 Å². The number of esters is 1. The van der Waals surface area contributed by atoms with E-state index in [4.69, 9.17) is 14.2 Å². The first-order valence-corrected chi connectivity index (χ1v) is 13.9. The standard InChI is InChI=1S/C29H31N3O7S/c1-5-11-21-26(28(34)38-7-3)18(4)31-27(33)25(40-29(31)30-21)15-20-14-23(37-6-2)24(16-22(20)32(35)36)39-17-19-12-9-8-10-13-19/h8-10,12-16,21H,5-7,11,17H2,1-4H3/b25-15-/t21-/m1/s1. The van der Waals surface area contributed by atoms with E-state index in [2.05, 4.69) is 4.99 Å². The molecule has 1 aliphatic heterocycles. The van der Waals surface area contributed by atoms with Crippen LogP contribution >= 0.6 is 11.3 Å². The van der Waals surface area contributed by atoms with E-state index < -0.39 is 22.5 Å². The molecule has 0 aliphatic carbocycles. The molecule has 0 saturated heterocycles. The number of carbonyl (C=O) groups excluding carboxylic acids is 1. The Labute approximate surface area is 235 Å². The smallest absolute Gasteiger partial charge is 0.337 e. The molecule has 10 nitrogen and oxygen atoms in total. The predicted molar refractivity (Wildman–Crippen MR) is 152 cm³/mol. The molecule has 0 spiro atoms. The van der Waals surface area contributed by atoms with Gasteiger partial charge in [-0.05, 0) is 44.9 Å². The maximum Gasteiger partial charge on any atom is 0.337 e. The largest absolute Gasteiger partial charge is 0.490 e. The van der Waals surface area contributed by atoms with Gasteiger partial charge in [-0.25, -0.2) is 9.79 Å². The number of nitro groups is 1. The summed E-state index contributed by atoms with van der Waals surface area (Å²) in [5.74, 6) is 0.0525. The highest BCUT2D eigenvalue weighted by molar-refractivity contribution is 7.07. The first-order chi connectivity index (χ1) is 19.3. The van der Waals surface area contributed by atoms with E-state index in [-0.39, 0.29) is 34.7 Å². The Morgan fingerprint density at radius 3 is 2.50 bits per heavy atom. The van der Waals surface area contributed by atoms with Crippen LogP contribution in [-0.4, -0.2) is 34.7 Å². The molecule has 0 N–H and O–H groups in total. The molecule has 0 amide bonds. The third-order valence-corrected chi connectivity index (χ3v) is 7.28. The molecule has 0 fully saturated rings. The number of allylic oxidation sites excluding steroid dienone is 1. The number of hydrogen-bond acceptors (Lipinski definition) is 9. The van der Waals surface area contributed by atoms with Crippen molar-refractivity contribution in [3.05, 3.63) is 89.0 Å². The third kappa shape index (κ3) is 5.99. The highest BCUT2D eigenvalue weighted by atomic mass is 32.1. The van der Waals surface area contributed by atoms with Gasteiger partial charge in [0.15, 0.2) is 16.3 Å². The lowest BCUT2D eigenvalue weighted by Gasteiger charge is -2.21. The summed E-state index contributed by atoms with van der Waals surface area (Å²) in [6, 6.07) is 11.8. The molecule has 0 bridgehead atoms. The second-order valence-corrected chi connectivity index (χ2v) is 10.0. The Hall–Kier alpha value is -4.25. The first-order valence-electron chi connectivity index (χ1n) is 13.1. The molecule has 1 aliphatic rings. The van der Waals surface area contributed by atoms with Crippen LogP contribution in [0.3, 0.4) is 0 Å². The SMILES string of the molecule is CCC[C@H]1N=c2s/c(=C\c3cc(OCC)c(OCc4ccccc4)cc3[N+](=O)[O-])c(=O)n2C(C)=C1C(=O)OCC. The minimum atomic E-state index is -0.520. The number of nitro benzene ring substituents is 1. The van der Waals surface area contributed by atoms with Crippen molar-refractivity contribution in [2.45, 2.75) is 53.2 Å². The molecule has 40 heavy (non-hydrogen) atoms. The molecule has 2 heterocycles. The zero-order chi connectivity index (χ0) is 28.8. The molecule has 0 unspecified atom stereocenters. The second kappa shape index (κ2) is 12.7. The number of nitrogens with zero attached hydrogens (tertiary/aromatic N) is 3. The minimum Gasteiger partial charge on any atom is -0.490 e. The Balaban J connectivity index is 1.84. The van der Waals surface area contributed by atoms with E-state index in [0.29, 0.717) is 34.8 Å². The van der Waals surface area contributed by atoms with Crippen LogP contribution in [0.1, 0.15) is 51.7 Å². The number of benzene rings is 2. The van der Waals surface area contributed by atoms with Crippen LogP contribution in [0.25, 0.3) is 11.8 Å². The number of aromatic nitrogens is 1. The maximum atomic E-state index is 13.5. The summed E-state index contributed by atoms with van der Waals surface area (Å²) in [6.45, 7) is 7.93. The number of ether oxygens (including phenoxy) is 3. The van der Waals surface area contributed by atoms with E-state index in [1.54, 1.807) is 20.8 Å². The van der Waals surface area contributed by atoms with Gasteiger partial charge in [0.2, 0.25) is 0 Å². The van der Waals surface area contributed by atoms with Gasteiger partial charge >= 0.3 is 5.97 Å². The third-order valence-electron chi connectivity index (χ3n) is 6.30. The fourth-order valence-corrected chi connectivity index (χ4v) is 5.54. The van der Waals surface area contributed by atoms with Gasteiger partial charge < -0.3 is 14.2 Å². The van der Waals surface area contributed by atoms with Crippen molar-refractivity contribution in [3.8, 4) is 11.5 Å². The molecule has 0 radical (unpaired) electrons. The lowest BCUT2D eigenvalue weighted by molar-refractivity contribution is -0.385. The van der Waals surface area contributed by atoms with Crippen molar-refractivity contribution in [3.63, 3.8) is 0 Å². The topological polar surface area (TPSA) is 122 Å². The van der Waals surface area contributed by atoms with E-state index in [0.717, 1.165) is 23.3 Å². The summed E-state index contributed by atoms with van der Waals surface area (Å²) in [5.41, 5.74) is 1.24. The first kappa shape index (κ1) is 28.8. The Bertz CT molecular complexity index is 1620. The summed E-state index contributed by atoms with van der Waals surface area (Å²) in [4.78, 5) is 42.9. The predicted octanol–water partition coefficient (Wildman–Crippen LogP) is 4.22.